The first-order chi connectivity index (χ1) is 30.2. The molecule has 8 nitrogen and oxygen atoms in total. The van der Waals surface area contributed by atoms with Crippen LogP contribution in [0.15, 0.2) is 0 Å². The lowest BCUT2D eigenvalue weighted by atomic mass is 10.0. The van der Waals surface area contributed by atoms with Gasteiger partial charge in [0.15, 0.2) is 0 Å². The van der Waals surface area contributed by atoms with Crippen LogP contribution in [0, 0.1) is 23.7 Å². The number of hydrogen-bond acceptors (Lipinski definition) is 15. The fourth-order valence-corrected chi connectivity index (χ4v) is 24.0. The van der Waals surface area contributed by atoms with Gasteiger partial charge in [-0.05, 0) is 131 Å². The molecule has 0 rings (SSSR count). The molecule has 0 spiro atoms. The summed E-state index contributed by atoms with van der Waals surface area (Å²) in [5.41, 5.74) is -11.1. The summed E-state index contributed by atoms with van der Waals surface area (Å²) in [7, 11) is 0. The van der Waals surface area contributed by atoms with Gasteiger partial charge in [0, 0.05) is 17.3 Å². The van der Waals surface area contributed by atoms with Gasteiger partial charge in [-0.2, -0.15) is 0 Å². The van der Waals surface area contributed by atoms with Crippen LogP contribution in [0.25, 0.3) is 0 Å². The summed E-state index contributed by atoms with van der Waals surface area (Å²) in [6.45, 7) is 30.2. The third kappa shape index (κ3) is 34.2. The summed E-state index contributed by atoms with van der Waals surface area (Å²) in [6, 6.07) is 0. The summed E-state index contributed by atoms with van der Waals surface area (Å²) in [6.07, 6.45) is 17.1. The Bertz CT molecular complexity index is 1240. The Hall–Kier alpha value is 3.68. The lowest BCUT2D eigenvalue weighted by molar-refractivity contribution is 0.183. The first kappa shape index (κ1) is 67.7. The fourth-order valence-electron chi connectivity index (χ4n) is 6.33. The van der Waals surface area contributed by atoms with Crippen molar-refractivity contribution < 1.29 is 36.2 Å². The van der Waals surface area contributed by atoms with Crippen LogP contribution in [0.3, 0.4) is 0 Å². The summed E-state index contributed by atoms with van der Waals surface area (Å²) in [4.78, 5) is 0. The average molecular weight is 1130 g/mol. The fraction of sp³-hybridized carbons (Fsp3) is 1.00. The summed E-state index contributed by atoms with van der Waals surface area (Å²) in [5.74, 6) is 3.43. The Morgan fingerprint density at radius 1 is 0.406 bits per heavy atom. The van der Waals surface area contributed by atoms with Crippen molar-refractivity contribution in [2.75, 3.05) is 43.7 Å². The SMILES string of the molecule is CCCCC(CC)COP(=S)(OCC(CC)CCCC)SCC(C)OP(=S)(OC(C)CSP(=S)(OCC(CC)CCCC)OCC(CC)CCCC)SCC(C)OP(=S)(S)OC(C)C. The summed E-state index contributed by atoms with van der Waals surface area (Å²) < 4.78 is 52.3. The van der Waals surface area contributed by atoms with E-state index in [-0.39, 0.29) is 24.4 Å². The van der Waals surface area contributed by atoms with E-state index >= 15 is 0 Å². The van der Waals surface area contributed by atoms with Gasteiger partial charge in [0.1, 0.15) is 0 Å². The zero-order valence-electron chi connectivity index (χ0n) is 42.2. The lowest BCUT2D eigenvalue weighted by Gasteiger charge is -2.31. The van der Waals surface area contributed by atoms with E-state index in [0.29, 0.717) is 67.4 Å². The molecule has 8 unspecified atom stereocenters. The predicted molar refractivity (Wildman–Crippen MR) is 308 cm³/mol. The van der Waals surface area contributed by atoms with Crippen molar-refractivity contribution in [2.24, 2.45) is 23.7 Å². The third-order valence-corrected chi connectivity index (χ3v) is 29.6. The maximum Gasteiger partial charge on any atom is 0.248 e. The molecule has 0 aromatic rings. The number of unbranched alkanes of at least 4 members (excludes halogenated alkanes) is 4. The monoisotopic (exact) mass is 1130 g/mol. The number of hydrogen-bond donors (Lipinski definition) is 1. The van der Waals surface area contributed by atoms with E-state index < -0.39 is 22.8 Å². The van der Waals surface area contributed by atoms with E-state index in [1.807, 2.05) is 34.6 Å². The number of thiol groups is 1. The molecule has 0 N–H and O–H groups in total. The van der Waals surface area contributed by atoms with Gasteiger partial charge >= 0.3 is 0 Å². The third-order valence-electron chi connectivity index (χ3n) is 10.7. The van der Waals surface area contributed by atoms with Gasteiger partial charge in [-0.3, -0.25) is 0 Å². The van der Waals surface area contributed by atoms with Crippen molar-refractivity contribution in [2.45, 2.75) is 217 Å². The molecule has 0 radical (unpaired) electrons. The van der Waals surface area contributed by atoms with Crippen LogP contribution >= 0.6 is 69.2 Å². The van der Waals surface area contributed by atoms with E-state index in [4.69, 9.17) is 83.4 Å². The Morgan fingerprint density at radius 2 is 0.672 bits per heavy atom. The van der Waals surface area contributed by atoms with Crippen LogP contribution in [-0.4, -0.2) is 68.1 Å². The molecule has 8 atom stereocenters. The van der Waals surface area contributed by atoms with E-state index in [2.05, 4.69) is 67.6 Å². The molecule has 0 amide bonds. The molecule has 0 saturated heterocycles. The molecule has 0 aromatic carbocycles. The molecule has 386 valence electrons. The second-order valence-electron chi connectivity index (χ2n) is 17.4. The first-order valence-electron chi connectivity index (χ1n) is 24.6. The minimum atomic E-state index is -2.99. The highest BCUT2D eigenvalue weighted by Crippen LogP contribution is 2.67. The highest BCUT2D eigenvalue weighted by molar-refractivity contribution is 8.69. The molecule has 0 bridgehead atoms. The van der Waals surface area contributed by atoms with Crippen LogP contribution in [0.2, 0.25) is 0 Å². The van der Waals surface area contributed by atoms with E-state index in [1.165, 1.54) is 62.7 Å². The van der Waals surface area contributed by atoms with Crippen molar-refractivity contribution in [1.82, 2.24) is 0 Å². The van der Waals surface area contributed by atoms with Crippen molar-refractivity contribution in [3.63, 3.8) is 0 Å². The molecule has 0 aliphatic carbocycles. The highest BCUT2D eigenvalue weighted by Gasteiger charge is 2.33. The minimum Gasteiger partial charge on any atom is -0.321 e. The van der Waals surface area contributed by atoms with Crippen LogP contribution in [-0.2, 0) is 83.4 Å². The second kappa shape index (κ2) is 39.2. The Balaban J connectivity index is 6.40. The van der Waals surface area contributed by atoms with Gasteiger partial charge in [-0.25, -0.2) is 0 Å². The van der Waals surface area contributed by atoms with Gasteiger partial charge in [0.2, 0.25) is 22.8 Å². The zero-order chi connectivity index (χ0) is 48.7. The molecule has 0 aliphatic rings. The molecule has 0 aromatic heterocycles. The summed E-state index contributed by atoms with van der Waals surface area (Å²) in [5, 5.41) is 0. The summed E-state index contributed by atoms with van der Waals surface area (Å²) >= 11 is 33.8. The van der Waals surface area contributed by atoms with Gasteiger partial charge in [-0.1, -0.05) is 179 Å². The standard InChI is InChI=1S/C44H94O8P4S8/c1-14-22-26-41(18-5)30-45-54(59,46-31-42(19-6)27-23-15-2)62-35-39(12)51-56(61,64-34-38(11)50-53(57,58)49-37(9)10)52-40(13)36-63-55(60,47-32-43(20-7)28-24-16-3)48-33-44(21-8)29-25-17-4/h37-44H,14-36H2,1-13H3,(H,57,58). The van der Waals surface area contributed by atoms with Crippen LogP contribution in [0.5, 0.6) is 0 Å². The molecule has 20 heteroatoms. The average Bonchev–Trinajstić information content (AvgIpc) is 3.24. The van der Waals surface area contributed by atoms with E-state index in [1.54, 1.807) is 22.8 Å². The Labute approximate surface area is 433 Å². The maximum atomic E-state index is 6.84. The van der Waals surface area contributed by atoms with Gasteiger partial charge in [-0.15, -0.1) is 0 Å². The Kier molecular flexibility index (Phi) is 41.4. The van der Waals surface area contributed by atoms with Gasteiger partial charge in [0.05, 0.1) is 50.8 Å². The van der Waals surface area contributed by atoms with Crippen LogP contribution < -0.4 is 0 Å². The largest absolute Gasteiger partial charge is 0.321 e. The Morgan fingerprint density at radius 3 is 0.922 bits per heavy atom. The van der Waals surface area contributed by atoms with Crippen molar-refractivity contribution in [1.29, 1.82) is 0 Å². The minimum absolute atomic E-state index is 0.0986. The molecule has 64 heavy (non-hydrogen) atoms. The molecule has 0 saturated carbocycles. The number of rotatable bonds is 45. The van der Waals surface area contributed by atoms with Crippen LogP contribution in [0.1, 0.15) is 193 Å². The maximum absolute atomic E-state index is 6.84. The molecule has 0 heterocycles. The smallest absolute Gasteiger partial charge is 0.248 e. The van der Waals surface area contributed by atoms with Gasteiger partial charge < -0.3 is 36.2 Å². The highest BCUT2D eigenvalue weighted by atomic mass is 32.9. The van der Waals surface area contributed by atoms with Crippen molar-refractivity contribution in [3.05, 3.63) is 0 Å². The first-order valence-corrected chi connectivity index (χ1v) is 41.0. The molecular weight excluding hydrogens is 1040 g/mol. The predicted octanol–water partition coefficient (Wildman–Crippen LogP) is 18.6. The second-order valence-corrected chi connectivity index (χ2v) is 41.6. The topological polar surface area (TPSA) is 73.8 Å². The van der Waals surface area contributed by atoms with Crippen molar-refractivity contribution in [3.8, 4) is 0 Å². The zero-order valence-corrected chi connectivity index (χ0v) is 52.4. The van der Waals surface area contributed by atoms with Crippen molar-refractivity contribution >= 4 is 116 Å². The quantitative estimate of drug-likeness (QED) is 0.0464. The normalized spacial score (nSPS) is 19.5. The van der Waals surface area contributed by atoms with E-state index in [9.17, 15) is 0 Å². The van der Waals surface area contributed by atoms with Crippen LogP contribution in [0.4, 0.5) is 0 Å². The molecule has 0 aliphatic heterocycles. The lowest BCUT2D eigenvalue weighted by Crippen LogP contribution is -2.17. The molecule has 0 fully saturated rings. The van der Waals surface area contributed by atoms with Gasteiger partial charge in [0.25, 0.3) is 0 Å². The van der Waals surface area contributed by atoms with E-state index in [0.717, 1.165) is 51.4 Å². The molecular formula is C44H94O8P4S8.